The fourth-order valence-electron chi connectivity index (χ4n) is 1.18. The number of hydrogen-bond donors (Lipinski definition) is 0. The molecule has 0 bridgehead atoms. The van der Waals surface area contributed by atoms with Crippen LogP contribution in [0.25, 0.3) is 0 Å². The summed E-state index contributed by atoms with van der Waals surface area (Å²) in [6.07, 6.45) is 1.38. The second kappa shape index (κ2) is 4.02. The Balaban J connectivity index is 0.000000500. The molecule has 0 aromatic carbocycles. The van der Waals surface area contributed by atoms with Crippen LogP contribution in [-0.2, 0) is 0 Å². The molecule has 0 N–H and O–H groups in total. The van der Waals surface area contributed by atoms with Crippen molar-refractivity contribution in [2.45, 2.75) is 6.42 Å². The first-order valence-corrected chi connectivity index (χ1v) is 5.31. The van der Waals surface area contributed by atoms with Crippen LogP contribution >= 0.6 is 23.5 Å². The molecule has 58 valence electrons. The first kappa shape index (κ1) is 8.94. The lowest BCUT2D eigenvalue weighted by molar-refractivity contribution is -0.516. The van der Waals surface area contributed by atoms with Crippen molar-refractivity contribution in [3.05, 3.63) is 0 Å². The topological polar surface area (TPSA) is 3.01 Å². The molecule has 0 fully saturated rings. The quantitative estimate of drug-likeness (QED) is 0.462. The van der Waals surface area contributed by atoms with Gasteiger partial charge in [-0.25, -0.2) is 4.58 Å². The zero-order chi connectivity index (χ0) is 6.10. The largest absolute Gasteiger partial charge is 1.00 e. The summed E-state index contributed by atoms with van der Waals surface area (Å²) in [6.45, 7) is 2.61. The summed E-state index contributed by atoms with van der Waals surface area (Å²) in [5, 5.41) is 0. The van der Waals surface area contributed by atoms with E-state index in [1.54, 1.807) is 4.38 Å². The van der Waals surface area contributed by atoms with E-state index in [1.165, 1.54) is 31.0 Å². The van der Waals surface area contributed by atoms with Crippen molar-refractivity contribution in [1.82, 2.24) is 0 Å². The highest BCUT2D eigenvalue weighted by molar-refractivity contribution is 8.38. The molecule has 0 aliphatic carbocycles. The standard InChI is InChI=1S/C6H10NS2.BrH/c1-2-7-3-5-9-6(7)8-4-1;/h1-5H2;1H/q+1;/p-1. The molecule has 2 heterocycles. The third-order valence-electron chi connectivity index (χ3n) is 1.64. The Hall–Kier alpha value is 0.850. The highest BCUT2D eigenvalue weighted by atomic mass is 79.9. The lowest BCUT2D eigenvalue weighted by Crippen LogP contribution is -3.00. The van der Waals surface area contributed by atoms with Gasteiger partial charge in [0, 0.05) is 12.2 Å². The zero-order valence-corrected chi connectivity index (χ0v) is 8.90. The van der Waals surface area contributed by atoms with Crippen LogP contribution in [0.5, 0.6) is 0 Å². The van der Waals surface area contributed by atoms with Gasteiger partial charge in [-0.05, 0) is 23.5 Å². The molecule has 0 radical (unpaired) electrons. The number of rotatable bonds is 0. The van der Waals surface area contributed by atoms with Crippen LogP contribution in [0, 0.1) is 0 Å². The SMILES string of the molecule is C1CSC2=[N+](C1)CCS2.[Br-]. The van der Waals surface area contributed by atoms with Gasteiger partial charge < -0.3 is 17.0 Å². The van der Waals surface area contributed by atoms with E-state index in [0.29, 0.717) is 0 Å². The number of halogens is 1. The molecule has 2 rings (SSSR count). The lowest BCUT2D eigenvalue weighted by atomic mass is 10.4. The minimum absolute atomic E-state index is 0. The zero-order valence-electron chi connectivity index (χ0n) is 5.68. The smallest absolute Gasteiger partial charge is 0.270 e. The first-order valence-electron chi connectivity index (χ1n) is 3.34. The van der Waals surface area contributed by atoms with Crippen molar-refractivity contribution in [2.75, 3.05) is 24.6 Å². The molecule has 0 aromatic rings. The number of thioether (sulfide) groups is 2. The molecule has 0 unspecified atom stereocenters. The summed E-state index contributed by atoms with van der Waals surface area (Å²) in [6, 6.07) is 0. The average Bonchev–Trinajstić information content (AvgIpc) is 2.33. The summed E-state index contributed by atoms with van der Waals surface area (Å²) < 4.78 is 4.10. The average molecular weight is 240 g/mol. The third kappa shape index (κ3) is 1.71. The molecule has 0 aromatic heterocycles. The predicted octanol–water partition coefficient (Wildman–Crippen LogP) is -1.76. The maximum atomic E-state index is 2.51. The van der Waals surface area contributed by atoms with Gasteiger partial charge in [0.1, 0.15) is 6.54 Å². The van der Waals surface area contributed by atoms with E-state index in [1.807, 2.05) is 23.5 Å². The van der Waals surface area contributed by atoms with E-state index >= 15 is 0 Å². The van der Waals surface area contributed by atoms with Gasteiger partial charge in [-0.3, -0.25) is 0 Å². The lowest BCUT2D eigenvalue weighted by Gasteiger charge is -2.05. The normalized spacial score (nSPS) is 24.0. The maximum Gasteiger partial charge on any atom is 0.270 e. The van der Waals surface area contributed by atoms with Crippen molar-refractivity contribution in [2.24, 2.45) is 0 Å². The van der Waals surface area contributed by atoms with Gasteiger partial charge in [0.25, 0.3) is 4.38 Å². The van der Waals surface area contributed by atoms with Gasteiger partial charge in [-0.2, -0.15) is 0 Å². The van der Waals surface area contributed by atoms with Crippen LogP contribution < -0.4 is 17.0 Å². The number of hydrogen-bond acceptors (Lipinski definition) is 2. The molecule has 0 saturated carbocycles. The molecule has 4 heteroatoms. The summed E-state index contributed by atoms with van der Waals surface area (Å²) in [7, 11) is 0. The summed E-state index contributed by atoms with van der Waals surface area (Å²) >= 11 is 4.07. The summed E-state index contributed by atoms with van der Waals surface area (Å²) in [4.78, 5) is 0. The Bertz CT molecular complexity index is 142. The molecule has 0 atom stereocenters. The highest BCUT2D eigenvalue weighted by Gasteiger charge is 2.26. The molecular formula is C6H10BrNS2. The molecule has 2 aliphatic rings. The van der Waals surface area contributed by atoms with Crippen molar-refractivity contribution in [3.63, 3.8) is 0 Å². The van der Waals surface area contributed by atoms with Crippen molar-refractivity contribution >= 4 is 27.9 Å². The maximum absolute atomic E-state index is 2.51. The van der Waals surface area contributed by atoms with E-state index in [-0.39, 0.29) is 17.0 Å². The van der Waals surface area contributed by atoms with E-state index in [2.05, 4.69) is 4.58 Å². The summed E-state index contributed by atoms with van der Waals surface area (Å²) in [5.41, 5.74) is 0. The monoisotopic (exact) mass is 239 g/mol. The molecule has 1 nitrogen and oxygen atoms in total. The van der Waals surface area contributed by atoms with Crippen LogP contribution in [-0.4, -0.2) is 33.5 Å². The second-order valence-corrected chi connectivity index (χ2v) is 4.73. The minimum atomic E-state index is 0. The van der Waals surface area contributed by atoms with E-state index in [9.17, 15) is 0 Å². The molecule has 2 aliphatic heterocycles. The van der Waals surface area contributed by atoms with Crippen LogP contribution in [0.3, 0.4) is 0 Å². The van der Waals surface area contributed by atoms with Gasteiger partial charge in [-0.15, -0.1) is 0 Å². The van der Waals surface area contributed by atoms with E-state index in [4.69, 9.17) is 0 Å². The van der Waals surface area contributed by atoms with Gasteiger partial charge in [0.15, 0.2) is 6.54 Å². The fraction of sp³-hybridized carbons (Fsp3) is 0.833. The number of nitrogens with zero attached hydrogens (tertiary/aromatic N) is 1. The van der Waals surface area contributed by atoms with Crippen LogP contribution in [0.2, 0.25) is 0 Å². The van der Waals surface area contributed by atoms with Crippen LogP contribution in [0.15, 0.2) is 0 Å². The Morgan fingerprint density at radius 1 is 1.10 bits per heavy atom. The van der Waals surface area contributed by atoms with Crippen LogP contribution in [0.4, 0.5) is 0 Å². The molecule has 10 heavy (non-hydrogen) atoms. The molecule has 0 saturated heterocycles. The second-order valence-electron chi connectivity index (χ2n) is 2.30. The van der Waals surface area contributed by atoms with E-state index < -0.39 is 0 Å². The van der Waals surface area contributed by atoms with E-state index in [0.717, 1.165) is 0 Å². The fourth-order valence-corrected chi connectivity index (χ4v) is 3.67. The van der Waals surface area contributed by atoms with Gasteiger partial charge in [-0.1, -0.05) is 0 Å². The van der Waals surface area contributed by atoms with Crippen molar-refractivity contribution in [3.8, 4) is 0 Å². The van der Waals surface area contributed by atoms with Crippen molar-refractivity contribution in [1.29, 1.82) is 0 Å². The molecule has 0 amide bonds. The van der Waals surface area contributed by atoms with Gasteiger partial charge in [0.05, 0.1) is 5.75 Å². The third-order valence-corrected chi connectivity index (χ3v) is 4.24. The molecular weight excluding hydrogens is 230 g/mol. The first-order chi connectivity index (χ1) is 4.47. The van der Waals surface area contributed by atoms with Crippen molar-refractivity contribution < 1.29 is 21.6 Å². The highest BCUT2D eigenvalue weighted by Crippen LogP contribution is 2.25. The Morgan fingerprint density at radius 3 is 2.70 bits per heavy atom. The van der Waals surface area contributed by atoms with Crippen LogP contribution in [0.1, 0.15) is 6.42 Å². The Kier molecular flexibility index (Phi) is 3.60. The Morgan fingerprint density at radius 2 is 1.90 bits per heavy atom. The Labute approximate surface area is 80.4 Å². The minimum Gasteiger partial charge on any atom is -1.00 e. The molecule has 0 spiro atoms. The van der Waals surface area contributed by atoms with Gasteiger partial charge in [0.2, 0.25) is 0 Å². The predicted molar refractivity (Wildman–Crippen MR) is 44.5 cm³/mol. The summed E-state index contributed by atoms with van der Waals surface area (Å²) in [5.74, 6) is 2.67. The van der Waals surface area contributed by atoms with Gasteiger partial charge >= 0.3 is 0 Å².